The number of carbonyl (C=O) groups excluding carboxylic acids is 2. The van der Waals surface area contributed by atoms with Crippen molar-refractivity contribution in [1.82, 2.24) is 4.90 Å². The van der Waals surface area contributed by atoms with E-state index < -0.39 is 5.60 Å². The van der Waals surface area contributed by atoms with Crippen LogP contribution in [-0.4, -0.2) is 48.0 Å². The lowest BCUT2D eigenvalue weighted by Crippen LogP contribution is -2.40. The summed E-state index contributed by atoms with van der Waals surface area (Å²) >= 11 is 1.67. The zero-order valence-electron chi connectivity index (χ0n) is 17.0. The predicted molar refractivity (Wildman–Crippen MR) is 114 cm³/mol. The van der Waals surface area contributed by atoms with Crippen LogP contribution in [0.3, 0.4) is 0 Å². The van der Waals surface area contributed by atoms with Crippen LogP contribution < -0.4 is 0 Å². The number of rotatable bonds is 6. The molecule has 152 valence electrons. The molecule has 2 atom stereocenters. The van der Waals surface area contributed by atoms with Gasteiger partial charge in [0.2, 0.25) is 0 Å². The van der Waals surface area contributed by atoms with Gasteiger partial charge in [0.25, 0.3) is 0 Å². The minimum Gasteiger partial charge on any atom is -0.466 e. The molecule has 0 N–H and O–H groups in total. The van der Waals surface area contributed by atoms with Crippen molar-refractivity contribution < 1.29 is 19.1 Å². The minimum atomic E-state index is -0.540. The first-order chi connectivity index (χ1) is 13.3. The summed E-state index contributed by atoms with van der Waals surface area (Å²) in [5.74, 6) is 0.494. The lowest BCUT2D eigenvalue weighted by atomic mass is 10.1. The quantitative estimate of drug-likeness (QED) is 0.507. The average Bonchev–Trinajstić information content (AvgIpc) is 3.06. The molecule has 0 bridgehead atoms. The lowest BCUT2D eigenvalue weighted by Gasteiger charge is -2.28. The zero-order chi connectivity index (χ0) is 20.6. The van der Waals surface area contributed by atoms with Gasteiger partial charge >= 0.3 is 12.1 Å². The maximum absolute atomic E-state index is 12.6. The van der Waals surface area contributed by atoms with Gasteiger partial charge in [-0.15, -0.1) is 11.8 Å². The SMILES string of the molecule is COC(=O)/C=C/[C@H]1C[C@@H](CS/C=C/c2ccccc2)N(C(=O)OC(C)(C)C)C1. The second-order valence-electron chi connectivity index (χ2n) is 7.71. The maximum Gasteiger partial charge on any atom is 0.410 e. The number of benzene rings is 1. The molecule has 0 unspecified atom stereocenters. The van der Waals surface area contributed by atoms with Gasteiger partial charge in [0.15, 0.2) is 0 Å². The van der Waals surface area contributed by atoms with E-state index in [1.807, 2.05) is 57.2 Å². The first kappa shape index (κ1) is 22.1. The van der Waals surface area contributed by atoms with E-state index in [1.165, 1.54) is 13.2 Å². The topological polar surface area (TPSA) is 55.8 Å². The Kier molecular flexibility index (Phi) is 8.18. The molecule has 1 aliphatic heterocycles. The molecule has 6 heteroatoms. The first-order valence-corrected chi connectivity index (χ1v) is 10.4. The summed E-state index contributed by atoms with van der Waals surface area (Å²) in [6, 6.07) is 10.1. The molecule has 0 saturated carbocycles. The van der Waals surface area contributed by atoms with E-state index in [-0.39, 0.29) is 24.0 Å². The summed E-state index contributed by atoms with van der Waals surface area (Å²) in [5, 5.41) is 2.06. The highest BCUT2D eigenvalue weighted by atomic mass is 32.2. The molecule has 1 fully saturated rings. The molecule has 5 nitrogen and oxygen atoms in total. The second-order valence-corrected chi connectivity index (χ2v) is 8.65. The molecule has 0 radical (unpaired) electrons. The molecule has 1 heterocycles. The van der Waals surface area contributed by atoms with Crippen LogP contribution in [0.1, 0.15) is 32.8 Å². The summed E-state index contributed by atoms with van der Waals surface area (Å²) in [4.78, 5) is 25.8. The standard InChI is InChI=1S/C22H29NO4S/c1-22(2,3)27-21(25)23-15-18(10-11-20(24)26-4)14-19(23)16-28-13-12-17-8-6-5-7-9-17/h5-13,18-19H,14-16H2,1-4H3/b11-10+,13-12+/t18-,19-/m0/s1. The molecule has 1 aromatic carbocycles. The summed E-state index contributed by atoms with van der Waals surface area (Å²) in [6.45, 7) is 6.13. The van der Waals surface area contributed by atoms with E-state index >= 15 is 0 Å². The second kappa shape index (κ2) is 10.4. The fourth-order valence-electron chi connectivity index (χ4n) is 2.93. The van der Waals surface area contributed by atoms with Crippen LogP contribution in [0.15, 0.2) is 47.9 Å². The van der Waals surface area contributed by atoms with Crippen LogP contribution in [0.2, 0.25) is 0 Å². The van der Waals surface area contributed by atoms with E-state index in [1.54, 1.807) is 16.7 Å². The first-order valence-electron chi connectivity index (χ1n) is 9.37. The van der Waals surface area contributed by atoms with Crippen molar-refractivity contribution in [3.63, 3.8) is 0 Å². The van der Waals surface area contributed by atoms with E-state index in [2.05, 4.69) is 16.2 Å². The number of hydrogen-bond acceptors (Lipinski definition) is 5. The van der Waals surface area contributed by atoms with Crippen LogP contribution in [-0.2, 0) is 14.3 Å². The average molecular weight is 404 g/mol. The van der Waals surface area contributed by atoms with Gasteiger partial charge in [-0.2, -0.15) is 0 Å². The van der Waals surface area contributed by atoms with Gasteiger partial charge < -0.3 is 14.4 Å². The van der Waals surface area contributed by atoms with Crippen molar-refractivity contribution in [2.75, 3.05) is 19.4 Å². The number of amides is 1. The van der Waals surface area contributed by atoms with E-state index in [0.717, 1.165) is 17.7 Å². The van der Waals surface area contributed by atoms with Crippen molar-refractivity contribution in [2.45, 2.75) is 38.8 Å². The Bertz CT molecular complexity index is 709. The van der Waals surface area contributed by atoms with Gasteiger partial charge in [0.1, 0.15) is 5.60 Å². The van der Waals surface area contributed by atoms with Gasteiger partial charge in [-0.3, -0.25) is 0 Å². The number of thioether (sulfide) groups is 1. The largest absolute Gasteiger partial charge is 0.466 e. The van der Waals surface area contributed by atoms with Crippen molar-refractivity contribution in [1.29, 1.82) is 0 Å². The van der Waals surface area contributed by atoms with Gasteiger partial charge in [-0.1, -0.05) is 36.4 Å². The van der Waals surface area contributed by atoms with E-state index in [0.29, 0.717) is 6.54 Å². The number of likely N-dealkylation sites (tertiary alicyclic amines) is 1. The molecule has 0 aliphatic carbocycles. The van der Waals surface area contributed by atoms with Crippen molar-refractivity contribution in [3.05, 3.63) is 53.5 Å². The van der Waals surface area contributed by atoms with E-state index in [9.17, 15) is 9.59 Å². The van der Waals surface area contributed by atoms with Crippen LogP contribution >= 0.6 is 11.8 Å². The lowest BCUT2D eigenvalue weighted by molar-refractivity contribution is -0.134. The van der Waals surface area contributed by atoms with Crippen molar-refractivity contribution in [2.24, 2.45) is 5.92 Å². The van der Waals surface area contributed by atoms with Crippen LogP contribution in [0, 0.1) is 5.92 Å². The molecule has 2 rings (SSSR count). The molecular formula is C22H29NO4S. The van der Waals surface area contributed by atoms with Gasteiger partial charge in [-0.05, 0) is 50.2 Å². The number of nitrogens with zero attached hydrogens (tertiary/aromatic N) is 1. The molecule has 0 aromatic heterocycles. The number of carbonyl (C=O) groups is 2. The molecule has 1 aromatic rings. The monoisotopic (exact) mass is 403 g/mol. The summed E-state index contributed by atoms with van der Waals surface area (Å²) in [7, 11) is 1.35. The Balaban J connectivity index is 1.99. The third-order valence-electron chi connectivity index (χ3n) is 4.23. The zero-order valence-corrected chi connectivity index (χ0v) is 17.8. The summed E-state index contributed by atoms with van der Waals surface area (Å²) in [6.07, 6.45) is 5.81. The molecule has 1 amide bonds. The Labute approximate surface area is 171 Å². The number of esters is 1. The molecular weight excluding hydrogens is 374 g/mol. The summed E-state index contributed by atoms with van der Waals surface area (Å²) in [5.41, 5.74) is 0.603. The maximum atomic E-state index is 12.6. The van der Waals surface area contributed by atoms with Crippen molar-refractivity contribution >= 4 is 29.9 Å². The highest BCUT2D eigenvalue weighted by molar-refractivity contribution is 8.02. The number of ether oxygens (including phenoxy) is 2. The van der Waals surface area contributed by atoms with Crippen LogP contribution in [0.5, 0.6) is 0 Å². The van der Waals surface area contributed by atoms with Crippen LogP contribution in [0.25, 0.3) is 6.08 Å². The smallest absolute Gasteiger partial charge is 0.410 e. The Morgan fingerprint density at radius 1 is 1.25 bits per heavy atom. The highest BCUT2D eigenvalue weighted by Gasteiger charge is 2.36. The third kappa shape index (κ3) is 7.43. The number of methoxy groups -OCH3 is 1. The summed E-state index contributed by atoms with van der Waals surface area (Å²) < 4.78 is 10.2. The van der Waals surface area contributed by atoms with Gasteiger partial charge in [0, 0.05) is 24.4 Å². The Morgan fingerprint density at radius 2 is 1.96 bits per heavy atom. The molecule has 28 heavy (non-hydrogen) atoms. The fourth-order valence-corrected chi connectivity index (χ4v) is 3.84. The van der Waals surface area contributed by atoms with Crippen LogP contribution in [0.4, 0.5) is 4.79 Å². The third-order valence-corrected chi connectivity index (χ3v) is 5.13. The number of hydrogen-bond donors (Lipinski definition) is 0. The highest BCUT2D eigenvalue weighted by Crippen LogP contribution is 2.29. The molecule has 1 saturated heterocycles. The molecule has 1 aliphatic rings. The Hall–Kier alpha value is -2.21. The van der Waals surface area contributed by atoms with E-state index in [4.69, 9.17) is 4.74 Å². The molecule has 0 spiro atoms. The van der Waals surface area contributed by atoms with Gasteiger partial charge in [-0.25, -0.2) is 9.59 Å². The fraction of sp³-hybridized carbons (Fsp3) is 0.455. The van der Waals surface area contributed by atoms with Crippen molar-refractivity contribution in [3.8, 4) is 0 Å². The Morgan fingerprint density at radius 3 is 2.61 bits per heavy atom. The minimum absolute atomic E-state index is 0.0487. The predicted octanol–water partition coefficient (Wildman–Crippen LogP) is 4.75. The normalized spacial score (nSPS) is 20.1. The van der Waals surface area contributed by atoms with Gasteiger partial charge in [0.05, 0.1) is 7.11 Å².